The van der Waals surface area contributed by atoms with Gasteiger partial charge in [0, 0.05) is 0 Å². The van der Waals surface area contributed by atoms with Crippen LogP contribution in [-0.2, 0) is 15.8 Å². The lowest BCUT2D eigenvalue weighted by Gasteiger charge is -2.23. The summed E-state index contributed by atoms with van der Waals surface area (Å²) in [6, 6.07) is 20.8. The van der Waals surface area contributed by atoms with Crippen molar-refractivity contribution in [3.8, 4) is 5.75 Å². The first-order valence-corrected chi connectivity index (χ1v) is 12.4. The molecule has 1 fully saturated rings. The number of halogens is 3. The highest BCUT2D eigenvalue weighted by Crippen LogP contribution is 2.38. The summed E-state index contributed by atoms with van der Waals surface area (Å²) in [5.41, 5.74) is 0.327. The van der Waals surface area contributed by atoms with Gasteiger partial charge in [0.25, 0.3) is 11.8 Å². The molecule has 190 valence electrons. The van der Waals surface area contributed by atoms with E-state index in [-0.39, 0.29) is 17.6 Å². The molecule has 5 nitrogen and oxygen atoms in total. The number of nitrogens with zero attached hydrogens (tertiary/aromatic N) is 1. The lowest BCUT2D eigenvalue weighted by Crippen LogP contribution is -2.30. The second-order valence-electron chi connectivity index (χ2n) is 8.09. The zero-order chi connectivity index (χ0) is 26.6. The van der Waals surface area contributed by atoms with Crippen molar-refractivity contribution in [2.45, 2.75) is 19.1 Å². The van der Waals surface area contributed by atoms with Crippen molar-refractivity contribution >= 4 is 51.9 Å². The topological polar surface area (TPSA) is 58.6 Å². The zero-order valence-corrected chi connectivity index (χ0v) is 21.1. The Labute approximate surface area is 221 Å². The number of ether oxygens (including phenoxy) is 1. The average Bonchev–Trinajstić information content (AvgIpc) is 3.15. The lowest BCUT2D eigenvalue weighted by atomic mass is 10.1. The fourth-order valence-corrected chi connectivity index (χ4v) is 5.13. The van der Waals surface area contributed by atoms with Gasteiger partial charge in [-0.3, -0.25) is 14.5 Å². The number of thiocarbonyl (C=S) groups is 1. The monoisotopic (exact) mass is 542 g/mol. The molecule has 1 saturated heterocycles. The van der Waals surface area contributed by atoms with Gasteiger partial charge >= 0.3 is 6.18 Å². The molecular formula is C27H21F3N2O3S2. The van der Waals surface area contributed by atoms with Crippen LogP contribution < -0.4 is 10.1 Å². The maximum atomic E-state index is 13.1. The fraction of sp³-hybridized carbons (Fsp3) is 0.148. The average molecular weight is 543 g/mol. The number of carbonyl (C=O) groups excluding carboxylic acids is 2. The number of hydrogen-bond acceptors (Lipinski definition) is 5. The van der Waals surface area contributed by atoms with E-state index in [1.54, 1.807) is 35.2 Å². The van der Waals surface area contributed by atoms with E-state index in [1.165, 1.54) is 30.0 Å². The molecule has 0 unspecified atom stereocenters. The SMILES string of the molecule is C[C@H](c1ccccc1)N1C(=O)/C(=C/c2cccc(OCC(=O)Nc3ccccc3C(F)(F)F)c2)SC1=S. The van der Waals surface area contributed by atoms with Crippen molar-refractivity contribution in [3.05, 3.63) is 100 Å². The van der Waals surface area contributed by atoms with Crippen LogP contribution in [0.5, 0.6) is 5.75 Å². The predicted molar refractivity (Wildman–Crippen MR) is 142 cm³/mol. The summed E-state index contributed by atoms with van der Waals surface area (Å²) in [5.74, 6) is -0.626. The van der Waals surface area contributed by atoms with Crippen LogP contribution in [0.3, 0.4) is 0 Å². The number of anilines is 1. The Kier molecular flexibility index (Phi) is 7.99. The Morgan fingerprint density at radius 3 is 2.51 bits per heavy atom. The summed E-state index contributed by atoms with van der Waals surface area (Å²) < 4.78 is 45.4. The summed E-state index contributed by atoms with van der Waals surface area (Å²) in [7, 11) is 0. The third-order valence-corrected chi connectivity index (χ3v) is 6.86. The molecule has 0 saturated carbocycles. The van der Waals surface area contributed by atoms with Crippen LogP contribution in [0.4, 0.5) is 18.9 Å². The highest BCUT2D eigenvalue weighted by Gasteiger charge is 2.36. The quantitative estimate of drug-likeness (QED) is 0.267. The number of hydrogen-bond donors (Lipinski definition) is 1. The molecule has 1 atom stereocenters. The van der Waals surface area contributed by atoms with Gasteiger partial charge in [0.2, 0.25) is 0 Å². The van der Waals surface area contributed by atoms with Crippen molar-refractivity contribution < 1.29 is 27.5 Å². The molecule has 3 aromatic carbocycles. The number of carbonyl (C=O) groups is 2. The van der Waals surface area contributed by atoms with Crippen molar-refractivity contribution in [2.24, 2.45) is 0 Å². The first kappa shape index (κ1) is 26.4. The van der Waals surface area contributed by atoms with Crippen LogP contribution >= 0.6 is 24.0 Å². The predicted octanol–water partition coefficient (Wildman–Crippen LogP) is 6.69. The van der Waals surface area contributed by atoms with Gasteiger partial charge in [-0.2, -0.15) is 13.2 Å². The molecule has 0 spiro atoms. The van der Waals surface area contributed by atoms with Crippen LogP contribution in [0.25, 0.3) is 6.08 Å². The van der Waals surface area contributed by atoms with Crippen LogP contribution in [0, 0.1) is 0 Å². The molecule has 1 aliphatic heterocycles. The molecule has 0 bridgehead atoms. The zero-order valence-electron chi connectivity index (χ0n) is 19.5. The van der Waals surface area contributed by atoms with Crippen LogP contribution in [0.2, 0.25) is 0 Å². The number of amides is 2. The van der Waals surface area contributed by atoms with Gasteiger partial charge in [-0.05, 0) is 48.4 Å². The molecule has 0 radical (unpaired) electrons. The minimum Gasteiger partial charge on any atom is -0.484 e. The minimum absolute atomic E-state index is 0.208. The third kappa shape index (κ3) is 6.39. The van der Waals surface area contributed by atoms with E-state index in [0.29, 0.717) is 20.5 Å². The Morgan fingerprint density at radius 2 is 1.78 bits per heavy atom. The minimum atomic E-state index is -4.60. The second-order valence-corrected chi connectivity index (χ2v) is 9.77. The molecular weight excluding hydrogens is 521 g/mol. The fourth-order valence-electron chi connectivity index (χ4n) is 3.71. The van der Waals surface area contributed by atoms with Gasteiger partial charge in [0.05, 0.1) is 22.2 Å². The first-order valence-electron chi connectivity index (χ1n) is 11.1. The largest absolute Gasteiger partial charge is 0.484 e. The van der Waals surface area contributed by atoms with Gasteiger partial charge in [-0.15, -0.1) is 0 Å². The van der Waals surface area contributed by atoms with E-state index in [0.717, 1.165) is 11.6 Å². The molecule has 10 heteroatoms. The third-order valence-electron chi connectivity index (χ3n) is 5.53. The van der Waals surface area contributed by atoms with Gasteiger partial charge in [-0.25, -0.2) is 0 Å². The van der Waals surface area contributed by atoms with Gasteiger partial charge < -0.3 is 10.1 Å². The summed E-state index contributed by atoms with van der Waals surface area (Å²) in [5, 5.41) is 2.24. The Bertz CT molecular complexity index is 1360. The number of rotatable bonds is 7. The normalized spacial score (nSPS) is 15.7. The van der Waals surface area contributed by atoms with Crippen molar-refractivity contribution in [3.63, 3.8) is 0 Å². The number of nitrogens with one attached hydrogen (secondary N) is 1. The van der Waals surface area contributed by atoms with E-state index in [1.807, 2.05) is 37.3 Å². The van der Waals surface area contributed by atoms with Gasteiger partial charge in [0.1, 0.15) is 10.1 Å². The Balaban J connectivity index is 1.42. The molecule has 4 rings (SSSR count). The highest BCUT2D eigenvalue weighted by atomic mass is 32.2. The molecule has 0 aromatic heterocycles. The molecule has 0 aliphatic carbocycles. The maximum absolute atomic E-state index is 13.1. The van der Waals surface area contributed by atoms with E-state index in [9.17, 15) is 22.8 Å². The molecule has 1 aliphatic rings. The van der Waals surface area contributed by atoms with Gasteiger partial charge in [-0.1, -0.05) is 78.6 Å². The van der Waals surface area contributed by atoms with E-state index in [2.05, 4.69) is 5.32 Å². The second kappa shape index (κ2) is 11.2. The number of alkyl halides is 3. The van der Waals surface area contributed by atoms with E-state index >= 15 is 0 Å². The van der Waals surface area contributed by atoms with Crippen LogP contribution in [0.1, 0.15) is 29.7 Å². The number of para-hydroxylation sites is 1. The van der Waals surface area contributed by atoms with Crippen molar-refractivity contribution in [1.82, 2.24) is 4.90 Å². The Morgan fingerprint density at radius 1 is 1.08 bits per heavy atom. The summed E-state index contributed by atoms with van der Waals surface area (Å²) in [6.07, 6.45) is -2.91. The summed E-state index contributed by atoms with van der Waals surface area (Å²) in [4.78, 5) is 27.4. The molecule has 1 N–H and O–H groups in total. The lowest BCUT2D eigenvalue weighted by molar-refractivity contribution is -0.137. The Hall–Kier alpha value is -3.63. The van der Waals surface area contributed by atoms with Crippen LogP contribution in [0.15, 0.2) is 83.8 Å². The van der Waals surface area contributed by atoms with Crippen molar-refractivity contribution in [1.29, 1.82) is 0 Å². The smallest absolute Gasteiger partial charge is 0.418 e. The molecule has 2 amide bonds. The summed E-state index contributed by atoms with van der Waals surface area (Å²) >= 11 is 6.66. The maximum Gasteiger partial charge on any atom is 0.418 e. The first-order chi connectivity index (χ1) is 17.6. The van der Waals surface area contributed by atoms with E-state index < -0.39 is 24.3 Å². The summed E-state index contributed by atoms with van der Waals surface area (Å²) in [6.45, 7) is 1.42. The number of benzene rings is 3. The van der Waals surface area contributed by atoms with Crippen molar-refractivity contribution in [2.75, 3.05) is 11.9 Å². The number of thioether (sulfide) groups is 1. The standard InChI is InChI=1S/C27H21F3N2O3S2/c1-17(19-9-3-2-4-10-19)32-25(34)23(37-26(32)36)15-18-8-7-11-20(14-18)35-16-24(33)31-22-13-6-5-12-21(22)27(28,29)30/h2-15,17H,16H2,1H3,(H,31,33)/b23-15-/t17-/m1/s1. The molecule has 3 aromatic rings. The highest BCUT2D eigenvalue weighted by molar-refractivity contribution is 8.26. The van der Waals surface area contributed by atoms with Gasteiger partial charge in [0.15, 0.2) is 6.61 Å². The van der Waals surface area contributed by atoms with E-state index in [4.69, 9.17) is 17.0 Å². The molecule has 37 heavy (non-hydrogen) atoms. The van der Waals surface area contributed by atoms with Crippen LogP contribution in [-0.4, -0.2) is 27.6 Å². The molecule has 1 heterocycles.